The number of hydrogen-bond acceptors (Lipinski definition) is 6. The van der Waals surface area contributed by atoms with Crippen molar-refractivity contribution in [1.82, 2.24) is 9.21 Å². The van der Waals surface area contributed by atoms with Gasteiger partial charge in [0.1, 0.15) is 6.54 Å². The molecule has 0 bridgehead atoms. The molecule has 1 aromatic carbocycles. The topological polar surface area (TPSA) is 138 Å². The van der Waals surface area contributed by atoms with Crippen molar-refractivity contribution in [1.29, 1.82) is 0 Å². The van der Waals surface area contributed by atoms with Gasteiger partial charge in [0.2, 0.25) is 31.9 Å². The van der Waals surface area contributed by atoms with Crippen molar-refractivity contribution in [2.75, 3.05) is 44.3 Å². The van der Waals surface area contributed by atoms with E-state index in [2.05, 4.69) is 0 Å². The number of nitrogens with two attached hydrogens (primary N) is 1. The number of piperidine rings is 1. The molecule has 2 amide bonds. The minimum Gasteiger partial charge on any atom is -0.369 e. The van der Waals surface area contributed by atoms with E-state index in [1.54, 1.807) is 0 Å². The predicted molar refractivity (Wildman–Crippen MR) is 108 cm³/mol. The lowest BCUT2D eigenvalue weighted by atomic mass is 9.96. The highest BCUT2D eigenvalue weighted by Crippen LogP contribution is 2.23. The van der Waals surface area contributed by atoms with Crippen LogP contribution in [0, 0.1) is 5.92 Å². The van der Waals surface area contributed by atoms with Crippen molar-refractivity contribution >= 4 is 37.5 Å². The lowest BCUT2D eigenvalue weighted by molar-refractivity contribution is -0.133. The standard InChI is InChI=1S/C17H26N4O6S2/c1-19(2)29(26,27)15-6-4-14(5-7-15)21(28(3,24)25)12-16(22)20-10-8-13(9-11-20)17(18)23/h4-7,13H,8-12H2,1-3H3,(H2,18,23). The number of sulfonamides is 2. The lowest BCUT2D eigenvalue weighted by Gasteiger charge is -2.32. The van der Waals surface area contributed by atoms with Gasteiger partial charge in [-0.05, 0) is 37.1 Å². The second kappa shape index (κ2) is 8.67. The molecular formula is C17H26N4O6S2. The number of hydrogen-bond donors (Lipinski definition) is 1. The van der Waals surface area contributed by atoms with Crippen molar-refractivity contribution < 1.29 is 26.4 Å². The van der Waals surface area contributed by atoms with Crippen molar-refractivity contribution in [2.45, 2.75) is 17.7 Å². The Morgan fingerprint density at radius 1 is 1.07 bits per heavy atom. The van der Waals surface area contributed by atoms with Crippen LogP contribution in [0.15, 0.2) is 29.2 Å². The molecule has 1 fully saturated rings. The number of carbonyl (C=O) groups excluding carboxylic acids is 2. The minimum atomic E-state index is -3.79. The second-order valence-electron chi connectivity index (χ2n) is 7.11. The third-order valence-electron chi connectivity index (χ3n) is 4.83. The van der Waals surface area contributed by atoms with Gasteiger partial charge in [0.05, 0.1) is 16.8 Å². The first-order chi connectivity index (χ1) is 13.3. The molecule has 12 heteroatoms. The zero-order valence-electron chi connectivity index (χ0n) is 16.6. The SMILES string of the molecule is CN(C)S(=O)(=O)c1ccc(N(CC(=O)N2CCC(C(N)=O)CC2)S(C)(=O)=O)cc1. The molecule has 1 aliphatic heterocycles. The Morgan fingerprint density at radius 2 is 1.59 bits per heavy atom. The average Bonchev–Trinajstić information content (AvgIpc) is 2.65. The Balaban J connectivity index is 2.19. The Labute approximate surface area is 171 Å². The molecule has 0 atom stereocenters. The van der Waals surface area contributed by atoms with E-state index in [1.807, 2.05) is 0 Å². The summed E-state index contributed by atoms with van der Waals surface area (Å²) in [7, 11) is -4.65. The van der Waals surface area contributed by atoms with Gasteiger partial charge in [0.25, 0.3) is 0 Å². The van der Waals surface area contributed by atoms with Crippen molar-refractivity contribution in [2.24, 2.45) is 11.7 Å². The summed E-state index contributed by atoms with van der Waals surface area (Å²) in [4.78, 5) is 25.4. The summed E-state index contributed by atoms with van der Waals surface area (Å²) in [5, 5.41) is 0. The van der Waals surface area contributed by atoms with Gasteiger partial charge in [0, 0.05) is 33.1 Å². The molecule has 0 radical (unpaired) electrons. The molecule has 2 N–H and O–H groups in total. The summed E-state index contributed by atoms with van der Waals surface area (Å²) in [6.07, 6.45) is 1.86. The van der Waals surface area contributed by atoms with E-state index >= 15 is 0 Å². The zero-order valence-corrected chi connectivity index (χ0v) is 18.2. The number of nitrogens with zero attached hydrogens (tertiary/aromatic N) is 3. The number of benzene rings is 1. The quantitative estimate of drug-likeness (QED) is 0.595. The summed E-state index contributed by atoms with van der Waals surface area (Å²) in [6.45, 7) is 0.230. The average molecular weight is 447 g/mol. The van der Waals surface area contributed by atoms with Gasteiger partial charge in [-0.3, -0.25) is 13.9 Å². The van der Waals surface area contributed by atoms with E-state index in [-0.39, 0.29) is 16.5 Å². The van der Waals surface area contributed by atoms with E-state index in [4.69, 9.17) is 5.73 Å². The van der Waals surface area contributed by atoms with Gasteiger partial charge >= 0.3 is 0 Å². The molecule has 1 aliphatic rings. The van der Waals surface area contributed by atoms with E-state index in [0.717, 1.165) is 14.9 Å². The predicted octanol–water partition coefficient (Wildman–Crippen LogP) is -0.573. The summed E-state index contributed by atoms with van der Waals surface area (Å²) in [5.74, 6) is -1.08. The Bertz CT molecular complexity index is 966. The first-order valence-corrected chi connectivity index (χ1v) is 12.2. The summed E-state index contributed by atoms with van der Waals surface area (Å²) >= 11 is 0. The van der Waals surface area contributed by atoms with Crippen molar-refractivity contribution in [3.8, 4) is 0 Å². The van der Waals surface area contributed by atoms with Crippen LogP contribution in [-0.4, -0.2) is 77.8 Å². The number of primary amides is 1. The third kappa shape index (κ3) is 5.46. The van der Waals surface area contributed by atoms with Crippen LogP contribution in [0.5, 0.6) is 0 Å². The molecule has 10 nitrogen and oxygen atoms in total. The van der Waals surface area contributed by atoms with Crippen molar-refractivity contribution in [3.05, 3.63) is 24.3 Å². The lowest BCUT2D eigenvalue weighted by Crippen LogP contribution is -2.47. The normalized spacial score (nSPS) is 16.1. The highest BCUT2D eigenvalue weighted by atomic mass is 32.2. The largest absolute Gasteiger partial charge is 0.369 e. The summed E-state index contributed by atoms with van der Waals surface area (Å²) in [6, 6.07) is 5.30. The molecule has 0 spiro atoms. The van der Waals surface area contributed by atoms with Gasteiger partial charge < -0.3 is 10.6 Å². The number of rotatable bonds is 7. The molecular weight excluding hydrogens is 420 g/mol. The number of anilines is 1. The monoisotopic (exact) mass is 446 g/mol. The molecule has 1 heterocycles. The van der Waals surface area contributed by atoms with Crippen LogP contribution in [0.3, 0.4) is 0 Å². The van der Waals surface area contributed by atoms with Crippen LogP contribution in [0.1, 0.15) is 12.8 Å². The molecule has 0 saturated carbocycles. The highest BCUT2D eigenvalue weighted by molar-refractivity contribution is 7.92. The first kappa shape index (κ1) is 23.1. The van der Waals surface area contributed by atoms with Crippen LogP contribution in [0.2, 0.25) is 0 Å². The minimum absolute atomic E-state index is 0.0135. The van der Waals surface area contributed by atoms with E-state index in [1.165, 1.54) is 43.3 Å². The maximum absolute atomic E-state index is 12.6. The van der Waals surface area contributed by atoms with Gasteiger partial charge in [-0.2, -0.15) is 0 Å². The van der Waals surface area contributed by atoms with E-state index < -0.39 is 38.4 Å². The summed E-state index contributed by atoms with van der Waals surface area (Å²) < 4.78 is 50.8. The fourth-order valence-electron chi connectivity index (χ4n) is 3.03. The van der Waals surface area contributed by atoms with E-state index in [9.17, 15) is 26.4 Å². The molecule has 0 unspecified atom stereocenters. The molecule has 29 heavy (non-hydrogen) atoms. The number of carbonyl (C=O) groups is 2. The molecule has 1 saturated heterocycles. The Hall–Kier alpha value is -2.18. The number of likely N-dealkylation sites (tertiary alicyclic amines) is 1. The highest BCUT2D eigenvalue weighted by Gasteiger charge is 2.29. The molecule has 0 aromatic heterocycles. The van der Waals surface area contributed by atoms with Crippen LogP contribution in [-0.2, 0) is 29.6 Å². The number of amides is 2. The molecule has 162 valence electrons. The van der Waals surface area contributed by atoms with Crippen molar-refractivity contribution in [3.63, 3.8) is 0 Å². The first-order valence-electron chi connectivity index (χ1n) is 8.91. The Kier molecular flexibility index (Phi) is 6.91. The second-order valence-corrected chi connectivity index (χ2v) is 11.2. The molecule has 1 aromatic rings. The van der Waals surface area contributed by atoms with Crippen LogP contribution in [0.4, 0.5) is 5.69 Å². The van der Waals surface area contributed by atoms with Crippen LogP contribution >= 0.6 is 0 Å². The molecule has 2 rings (SSSR count). The van der Waals surface area contributed by atoms with Gasteiger partial charge in [-0.25, -0.2) is 21.1 Å². The Morgan fingerprint density at radius 3 is 2.00 bits per heavy atom. The van der Waals surface area contributed by atoms with Gasteiger partial charge in [-0.15, -0.1) is 0 Å². The van der Waals surface area contributed by atoms with Gasteiger partial charge in [-0.1, -0.05) is 0 Å². The zero-order chi connectivity index (χ0) is 22.0. The summed E-state index contributed by atoms with van der Waals surface area (Å²) in [5.41, 5.74) is 5.47. The van der Waals surface area contributed by atoms with E-state index in [0.29, 0.717) is 25.9 Å². The fraction of sp³-hybridized carbons (Fsp3) is 0.529. The molecule has 0 aliphatic carbocycles. The smallest absolute Gasteiger partial charge is 0.243 e. The third-order valence-corrected chi connectivity index (χ3v) is 7.80. The van der Waals surface area contributed by atoms with Crippen LogP contribution in [0.25, 0.3) is 0 Å². The van der Waals surface area contributed by atoms with Gasteiger partial charge in [0.15, 0.2) is 0 Å². The maximum atomic E-state index is 12.6. The van der Waals surface area contributed by atoms with Crippen LogP contribution < -0.4 is 10.0 Å². The fourth-order valence-corrected chi connectivity index (χ4v) is 4.78. The maximum Gasteiger partial charge on any atom is 0.243 e.